The van der Waals surface area contributed by atoms with Crippen LogP contribution in [-0.4, -0.2) is 30.6 Å². The van der Waals surface area contributed by atoms with E-state index in [1.807, 2.05) is 0 Å². The molecule has 1 aromatic rings. The summed E-state index contributed by atoms with van der Waals surface area (Å²) in [5.41, 5.74) is -1.41. The second-order valence-electron chi connectivity index (χ2n) is 4.51. The highest BCUT2D eigenvalue weighted by atomic mass is 32.2. The molecule has 0 saturated heterocycles. The molecule has 0 aliphatic rings. The first kappa shape index (κ1) is 16.5. The van der Waals surface area contributed by atoms with E-state index < -0.39 is 20.5 Å². The van der Waals surface area contributed by atoms with E-state index in [-0.39, 0.29) is 17.1 Å². The Morgan fingerprint density at radius 2 is 1.95 bits per heavy atom. The number of nitro benzene ring substituents is 1. The maximum atomic E-state index is 12.0. The van der Waals surface area contributed by atoms with Gasteiger partial charge in [0.15, 0.2) is 0 Å². The fourth-order valence-corrected chi connectivity index (χ4v) is 2.74. The normalized spacial score (nSPS) is 12.3. The highest BCUT2D eigenvalue weighted by molar-refractivity contribution is 7.89. The third-order valence-corrected chi connectivity index (χ3v) is 4.65. The standard InChI is InChI=1S/C12H18N2O5S/c1-3-12(15,4-2)9-13-20(18,19)11-7-5-6-10(8-11)14(16)17/h5-8,13,15H,3-4,9H2,1-2H3. The summed E-state index contributed by atoms with van der Waals surface area (Å²) in [5, 5.41) is 20.7. The first-order valence-corrected chi connectivity index (χ1v) is 7.69. The van der Waals surface area contributed by atoms with Crippen LogP contribution in [0.2, 0.25) is 0 Å². The van der Waals surface area contributed by atoms with E-state index in [4.69, 9.17) is 0 Å². The molecule has 112 valence electrons. The number of sulfonamides is 1. The summed E-state index contributed by atoms with van der Waals surface area (Å²) < 4.78 is 26.4. The first-order chi connectivity index (χ1) is 9.24. The first-order valence-electron chi connectivity index (χ1n) is 6.20. The van der Waals surface area contributed by atoms with Gasteiger partial charge in [-0.25, -0.2) is 13.1 Å². The molecule has 0 unspecified atom stereocenters. The van der Waals surface area contributed by atoms with Gasteiger partial charge in [0, 0.05) is 18.7 Å². The minimum absolute atomic E-state index is 0.134. The number of rotatable bonds is 7. The lowest BCUT2D eigenvalue weighted by Gasteiger charge is -2.25. The number of nitro groups is 1. The monoisotopic (exact) mass is 302 g/mol. The fraction of sp³-hybridized carbons (Fsp3) is 0.500. The quantitative estimate of drug-likeness (QED) is 0.585. The molecule has 0 radical (unpaired) electrons. The topological polar surface area (TPSA) is 110 Å². The van der Waals surface area contributed by atoms with Crippen molar-refractivity contribution in [3.8, 4) is 0 Å². The van der Waals surface area contributed by atoms with Crippen LogP contribution in [0.5, 0.6) is 0 Å². The minimum atomic E-state index is -3.88. The average molecular weight is 302 g/mol. The van der Waals surface area contributed by atoms with Gasteiger partial charge in [0.2, 0.25) is 10.0 Å². The predicted molar refractivity (Wildman–Crippen MR) is 73.8 cm³/mol. The highest BCUT2D eigenvalue weighted by Gasteiger charge is 2.26. The number of aliphatic hydroxyl groups is 1. The zero-order chi connectivity index (χ0) is 15.4. The Morgan fingerprint density at radius 1 is 1.35 bits per heavy atom. The van der Waals surface area contributed by atoms with Crippen LogP contribution in [-0.2, 0) is 10.0 Å². The van der Waals surface area contributed by atoms with Crippen LogP contribution in [0.15, 0.2) is 29.2 Å². The molecule has 8 heteroatoms. The Balaban J connectivity index is 2.95. The third kappa shape index (κ3) is 3.99. The Bertz CT molecular complexity index is 581. The van der Waals surface area contributed by atoms with Gasteiger partial charge in [-0.2, -0.15) is 0 Å². The number of benzene rings is 1. The Morgan fingerprint density at radius 3 is 2.45 bits per heavy atom. The van der Waals surface area contributed by atoms with Gasteiger partial charge in [0.25, 0.3) is 5.69 Å². The molecule has 0 aliphatic heterocycles. The van der Waals surface area contributed by atoms with Crippen molar-refractivity contribution in [1.82, 2.24) is 4.72 Å². The van der Waals surface area contributed by atoms with Crippen LogP contribution in [0.1, 0.15) is 26.7 Å². The highest BCUT2D eigenvalue weighted by Crippen LogP contribution is 2.19. The Labute approximate surface area is 117 Å². The van der Waals surface area contributed by atoms with Crippen LogP contribution in [0.3, 0.4) is 0 Å². The van der Waals surface area contributed by atoms with Gasteiger partial charge in [-0.05, 0) is 18.9 Å². The summed E-state index contributed by atoms with van der Waals surface area (Å²) in [5.74, 6) is 0. The van der Waals surface area contributed by atoms with Crippen molar-refractivity contribution in [3.05, 3.63) is 34.4 Å². The van der Waals surface area contributed by atoms with Crippen molar-refractivity contribution in [2.75, 3.05) is 6.54 Å². The number of hydrogen-bond acceptors (Lipinski definition) is 5. The lowest BCUT2D eigenvalue weighted by molar-refractivity contribution is -0.385. The molecular formula is C12H18N2O5S. The second kappa shape index (κ2) is 6.29. The summed E-state index contributed by atoms with van der Waals surface area (Å²) in [6, 6.07) is 4.78. The molecule has 0 heterocycles. The molecule has 0 atom stereocenters. The maximum Gasteiger partial charge on any atom is 0.270 e. The molecule has 20 heavy (non-hydrogen) atoms. The van der Waals surface area contributed by atoms with Crippen LogP contribution in [0, 0.1) is 10.1 Å². The van der Waals surface area contributed by atoms with E-state index in [0.717, 1.165) is 6.07 Å². The molecule has 0 aliphatic carbocycles. The molecule has 0 fully saturated rings. The van der Waals surface area contributed by atoms with Crippen molar-refractivity contribution in [2.24, 2.45) is 0 Å². The maximum absolute atomic E-state index is 12.0. The van der Waals surface area contributed by atoms with Gasteiger partial charge in [-0.1, -0.05) is 19.9 Å². The van der Waals surface area contributed by atoms with E-state index >= 15 is 0 Å². The summed E-state index contributed by atoms with van der Waals surface area (Å²) >= 11 is 0. The molecule has 7 nitrogen and oxygen atoms in total. The van der Waals surface area contributed by atoms with Crippen LogP contribution < -0.4 is 4.72 Å². The van der Waals surface area contributed by atoms with Crippen LogP contribution in [0.4, 0.5) is 5.69 Å². The number of hydrogen-bond donors (Lipinski definition) is 2. The molecule has 0 saturated carbocycles. The molecule has 1 rings (SSSR count). The van der Waals surface area contributed by atoms with Crippen LogP contribution in [0.25, 0.3) is 0 Å². The summed E-state index contributed by atoms with van der Waals surface area (Å²) in [6.07, 6.45) is 0.807. The van der Waals surface area contributed by atoms with Gasteiger partial charge in [0.1, 0.15) is 0 Å². The summed E-state index contributed by atoms with van der Waals surface area (Å²) in [6.45, 7) is 3.38. The molecule has 0 aromatic heterocycles. The lowest BCUT2D eigenvalue weighted by Crippen LogP contribution is -2.41. The van der Waals surface area contributed by atoms with Crippen molar-refractivity contribution < 1.29 is 18.4 Å². The lowest BCUT2D eigenvalue weighted by atomic mass is 9.98. The van der Waals surface area contributed by atoms with E-state index in [1.54, 1.807) is 13.8 Å². The van der Waals surface area contributed by atoms with E-state index in [9.17, 15) is 23.6 Å². The number of nitrogens with one attached hydrogen (secondary N) is 1. The van der Waals surface area contributed by atoms with Gasteiger partial charge in [-0.15, -0.1) is 0 Å². The van der Waals surface area contributed by atoms with Crippen molar-refractivity contribution in [3.63, 3.8) is 0 Å². The predicted octanol–water partition coefficient (Wildman–Crippen LogP) is 1.42. The Hall–Kier alpha value is -1.51. The SMILES string of the molecule is CCC(O)(CC)CNS(=O)(=O)c1cccc([N+](=O)[O-])c1. The van der Waals surface area contributed by atoms with Gasteiger partial charge >= 0.3 is 0 Å². The summed E-state index contributed by atoms with van der Waals surface area (Å²) in [4.78, 5) is 9.79. The van der Waals surface area contributed by atoms with Crippen LogP contribution >= 0.6 is 0 Å². The fourth-order valence-electron chi connectivity index (χ4n) is 1.58. The minimum Gasteiger partial charge on any atom is -0.389 e. The van der Waals surface area contributed by atoms with Gasteiger partial charge < -0.3 is 5.11 Å². The largest absolute Gasteiger partial charge is 0.389 e. The van der Waals surface area contributed by atoms with Crippen molar-refractivity contribution >= 4 is 15.7 Å². The smallest absolute Gasteiger partial charge is 0.270 e. The van der Waals surface area contributed by atoms with Gasteiger partial charge in [-0.3, -0.25) is 10.1 Å². The third-order valence-electron chi connectivity index (χ3n) is 3.25. The molecule has 0 amide bonds. The number of nitrogens with zero attached hydrogens (tertiary/aromatic N) is 1. The molecular weight excluding hydrogens is 284 g/mol. The second-order valence-corrected chi connectivity index (χ2v) is 6.28. The molecule has 1 aromatic carbocycles. The number of non-ortho nitro benzene ring substituents is 1. The average Bonchev–Trinajstić information content (AvgIpc) is 2.45. The van der Waals surface area contributed by atoms with E-state index in [1.165, 1.54) is 18.2 Å². The van der Waals surface area contributed by atoms with Crippen molar-refractivity contribution in [2.45, 2.75) is 37.2 Å². The van der Waals surface area contributed by atoms with E-state index in [0.29, 0.717) is 12.8 Å². The zero-order valence-corrected chi connectivity index (χ0v) is 12.2. The molecule has 0 bridgehead atoms. The summed E-state index contributed by atoms with van der Waals surface area (Å²) in [7, 11) is -3.88. The molecule has 0 spiro atoms. The van der Waals surface area contributed by atoms with Gasteiger partial charge in [0.05, 0.1) is 15.4 Å². The Kier molecular flexibility index (Phi) is 5.21. The van der Waals surface area contributed by atoms with Crippen molar-refractivity contribution in [1.29, 1.82) is 0 Å². The zero-order valence-electron chi connectivity index (χ0n) is 11.4. The molecule has 2 N–H and O–H groups in total. The van der Waals surface area contributed by atoms with E-state index in [2.05, 4.69) is 4.72 Å².